The van der Waals surface area contributed by atoms with E-state index in [1.807, 2.05) is 31.2 Å². The average molecular weight is 362 g/mol. The number of carbonyl (C=O) groups is 2. The van der Waals surface area contributed by atoms with Gasteiger partial charge in [0.2, 0.25) is 0 Å². The molecule has 3 rings (SSSR count). The number of nitrogens with one attached hydrogen (secondary N) is 2. The van der Waals surface area contributed by atoms with Crippen LogP contribution >= 0.6 is 0 Å². The molecule has 3 aromatic carbocycles. The standard InChI is InChI=1S/C22H19FN2O2/c1-15-5-2-3-8-20(15)25-22(27)18-7-4-6-17(13-18)21(26)24-14-16-9-11-19(23)12-10-16/h2-13H,14H2,1H3,(H,24,26)(H,25,27). The molecule has 0 saturated heterocycles. The van der Waals surface area contributed by atoms with Crippen LogP contribution in [-0.4, -0.2) is 11.8 Å². The number of anilines is 1. The second-order valence-electron chi connectivity index (χ2n) is 6.16. The largest absolute Gasteiger partial charge is 0.348 e. The van der Waals surface area contributed by atoms with Crippen molar-refractivity contribution >= 4 is 17.5 Å². The van der Waals surface area contributed by atoms with E-state index in [0.29, 0.717) is 11.1 Å². The van der Waals surface area contributed by atoms with Gasteiger partial charge in [-0.25, -0.2) is 4.39 Å². The molecule has 0 unspecified atom stereocenters. The van der Waals surface area contributed by atoms with E-state index in [9.17, 15) is 14.0 Å². The van der Waals surface area contributed by atoms with E-state index in [-0.39, 0.29) is 24.2 Å². The van der Waals surface area contributed by atoms with Crippen molar-refractivity contribution in [2.75, 3.05) is 5.32 Å². The molecule has 0 bridgehead atoms. The molecule has 0 aliphatic heterocycles. The molecule has 4 nitrogen and oxygen atoms in total. The normalized spacial score (nSPS) is 10.3. The fraction of sp³-hybridized carbons (Fsp3) is 0.0909. The minimum absolute atomic E-state index is 0.277. The smallest absolute Gasteiger partial charge is 0.255 e. The van der Waals surface area contributed by atoms with Crippen LogP contribution in [0.1, 0.15) is 31.8 Å². The molecule has 27 heavy (non-hydrogen) atoms. The number of aryl methyl sites for hydroxylation is 1. The van der Waals surface area contributed by atoms with Gasteiger partial charge in [0, 0.05) is 23.4 Å². The summed E-state index contributed by atoms with van der Waals surface area (Å²) in [4.78, 5) is 24.8. The molecule has 136 valence electrons. The van der Waals surface area contributed by atoms with Gasteiger partial charge in [0.1, 0.15) is 5.82 Å². The number of para-hydroxylation sites is 1. The van der Waals surface area contributed by atoms with Crippen molar-refractivity contribution in [3.05, 3.63) is 101 Å². The lowest BCUT2D eigenvalue weighted by molar-refractivity contribution is 0.0951. The zero-order valence-corrected chi connectivity index (χ0v) is 14.8. The van der Waals surface area contributed by atoms with Crippen LogP contribution < -0.4 is 10.6 Å². The molecule has 0 aromatic heterocycles. The number of hydrogen-bond acceptors (Lipinski definition) is 2. The van der Waals surface area contributed by atoms with E-state index in [0.717, 1.165) is 16.8 Å². The van der Waals surface area contributed by atoms with Crippen LogP contribution in [0.15, 0.2) is 72.8 Å². The molecule has 0 fully saturated rings. The summed E-state index contributed by atoms with van der Waals surface area (Å²) in [7, 11) is 0. The Bertz CT molecular complexity index is 968. The van der Waals surface area contributed by atoms with Gasteiger partial charge in [-0.15, -0.1) is 0 Å². The first kappa shape index (κ1) is 18.3. The van der Waals surface area contributed by atoms with Gasteiger partial charge >= 0.3 is 0 Å². The van der Waals surface area contributed by atoms with Crippen molar-refractivity contribution in [2.45, 2.75) is 13.5 Å². The van der Waals surface area contributed by atoms with E-state index in [1.165, 1.54) is 12.1 Å². The molecular weight excluding hydrogens is 343 g/mol. The first-order valence-electron chi connectivity index (χ1n) is 8.52. The molecule has 0 atom stereocenters. The van der Waals surface area contributed by atoms with E-state index in [2.05, 4.69) is 10.6 Å². The lowest BCUT2D eigenvalue weighted by Crippen LogP contribution is -2.23. The Kier molecular flexibility index (Phi) is 5.61. The van der Waals surface area contributed by atoms with Gasteiger partial charge in [-0.1, -0.05) is 36.4 Å². The summed E-state index contributed by atoms with van der Waals surface area (Å²) in [6.07, 6.45) is 0. The summed E-state index contributed by atoms with van der Waals surface area (Å²) in [5, 5.41) is 5.62. The maximum Gasteiger partial charge on any atom is 0.255 e. The van der Waals surface area contributed by atoms with Crippen LogP contribution in [0.3, 0.4) is 0 Å². The minimum atomic E-state index is -0.322. The number of carbonyl (C=O) groups excluding carboxylic acids is 2. The molecule has 0 heterocycles. The number of rotatable bonds is 5. The van der Waals surface area contributed by atoms with E-state index >= 15 is 0 Å². The number of amides is 2. The van der Waals surface area contributed by atoms with Crippen LogP contribution in [0.2, 0.25) is 0 Å². The topological polar surface area (TPSA) is 58.2 Å². The van der Waals surface area contributed by atoms with Crippen molar-refractivity contribution in [2.24, 2.45) is 0 Å². The molecule has 3 aromatic rings. The first-order valence-corrected chi connectivity index (χ1v) is 8.52. The van der Waals surface area contributed by atoms with Crippen LogP contribution in [0.5, 0.6) is 0 Å². The molecule has 2 N–H and O–H groups in total. The van der Waals surface area contributed by atoms with E-state index in [4.69, 9.17) is 0 Å². The Hall–Kier alpha value is -3.47. The second kappa shape index (κ2) is 8.27. The minimum Gasteiger partial charge on any atom is -0.348 e. The SMILES string of the molecule is Cc1ccccc1NC(=O)c1cccc(C(=O)NCc2ccc(F)cc2)c1. The molecule has 5 heteroatoms. The summed E-state index contributed by atoms with van der Waals surface area (Å²) in [6, 6.07) is 19.9. The van der Waals surface area contributed by atoms with Crippen LogP contribution in [0.25, 0.3) is 0 Å². The highest BCUT2D eigenvalue weighted by Gasteiger charge is 2.11. The monoisotopic (exact) mass is 362 g/mol. The summed E-state index contributed by atoms with van der Waals surface area (Å²) in [5.41, 5.74) is 3.26. The average Bonchev–Trinajstić information content (AvgIpc) is 2.69. The van der Waals surface area contributed by atoms with Crippen molar-refractivity contribution in [1.29, 1.82) is 0 Å². The third-order valence-electron chi connectivity index (χ3n) is 4.15. The molecule has 0 aliphatic carbocycles. The van der Waals surface area contributed by atoms with Gasteiger partial charge in [-0.3, -0.25) is 9.59 Å². The zero-order valence-electron chi connectivity index (χ0n) is 14.8. The second-order valence-corrected chi connectivity index (χ2v) is 6.16. The number of benzene rings is 3. The molecule has 0 spiro atoms. The van der Waals surface area contributed by atoms with Gasteiger partial charge in [-0.05, 0) is 54.4 Å². The molecule has 2 amide bonds. The predicted octanol–water partition coefficient (Wildman–Crippen LogP) is 4.32. The highest BCUT2D eigenvalue weighted by atomic mass is 19.1. The lowest BCUT2D eigenvalue weighted by Gasteiger charge is -2.10. The quantitative estimate of drug-likeness (QED) is 0.710. The van der Waals surface area contributed by atoms with Crippen LogP contribution in [-0.2, 0) is 6.54 Å². The maximum absolute atomic E-state index is 12.9. The summed E-state index contributed by atoms with van der Waals surface area (Å²) in [5.74, 6) is -0.903. The third kappa shape index (κ3) is 4.79. The summed E-state index contributed by atoms with van der Waals surface area (Å²) >= 11 is 0. The highest BCUT2D eigenvalue weighted by Crippen LogP contribution is 2.15. The first-order chi connectivity index (χ1) is 13.0. The molecule has 0 radical (unpaired) electrons. The molecule has 0 saturated carbocycles. The summed E-state index contributed by atoms with van der Waals surface area (Å²) < 4.78 is 12.9. The molecular formula is C22H19FN2O2. The third-order valence-corrected chi connectivity index (χ3v) is 4.15. The molecule has 0 aliphatic rings. The maximum atomic E-state index is 12.9. The van der Waals surface area contributed by atoms with Crippen LogP contribution in [0.4, 0.5) is 10.1 Å². The fourth-order valence-electron chi connectivity index (χ4n) is 2.60. The lowest BCUT2D eigenvalue weighted by atomic mass is 10.1. The Morgan fingerprint density at radius 1 is 0.852 bits per heavy atom. The van der Waals surface area contributed by atoms with Gasteiger partial charge in [0.25, 0.3) is 11.8 Å². The Morgan fingerprint density at radius 2 is 1.52 bits per heavy atom. The number of halogens is 1. The number of hydrogen-bond donors (Lipinski definition) is 2. The Balaban J connectivity index is 1.67. The van der Waals surface area contributed by atoms with E-state index in [1.54, 1.807) is 36.4 Å². The fourth-order valence-corrected chi connectivity index (χ4v) is 2.60. The van der Waals surface area contributed by atoms with Crippen LogP contribution in [0, 0.1) is 12.7 Å². The van der Waals surface area contributed by atoms with Crippen molar-refractivity contribution in [3.63, 3.8) is 0 Å². The Morgan fingerprint density at radius 3 is 2.22 bits per heavy atom. The van der Waals surface area contributed by atoms with Crippen molar-refractivity contribution < 1.29 is 14.0 Å². The van der Waals surface area contributed by atoms with Crippen molar-refractivity contribution in [1.82, 2.24) is 5.32 Å². The Labute approximate surface area is 157 Å². The van der Waals surface area contributed by atoms with Crippen molar-refractivity contribution in [3.8, 4) is 0 Å². The summed E-state index contributed by atoms with van der Waals surface area (Å²) in [6.45, 7) is 2.19. The van der Waals surface area contributed by atoms with Gasteiger partial charge in [0.05, 0.1) is 0 Å². The zero-order chi connectivity index (χ0) is 19.2. The highest BCUT2D eigenvalue weighted by molar-refractivity contribution is 6.06. The van der Waals surface area contributed by atoms with Gasteiger partial charge in [-0.2, -0.15) is 0 Å². The van der Waals surface area contributed by atoms with Gasteiger partial charge < -0.3 is 10.6 Å². The van der Waals surface area contributed by atoms with Gasteiger partial charge in [0.15, 0.2) is 0 Å². The van der Waals surface area contributed by atoms with E-state index < -0.39 is 0 Å². The predicted molar refractivity (Wildman–Crippen MR) is 103 cm³/mol.